The molecular formula is C22H27O7P. The lowest BCUT2D eigenvalue weighted by Crippen LogP contribution is -2.41. The number of rotatable bonds is 10. The van der Waals surface area contributed by atoms with Gasteiger partial charge in [0.1, 0.15) is 6.10 Å². The van der Waals surface area contributed by atoms with Gasteiger partial charge in [0.25, 0.3) is 0 Å². The van der Waals surface area contributed by atoms with Crippen LogP contribution in [-0.4, -0.2) is 30.4 Å². The van der Waals surface area contributed by atoms with Crippen LogP contribution < -0.4 is 0 Å². The molecule has 0 radical (unpaired) electrons. The van der Waals surface area contributed by atoms with Crippen LogP contribution in [0.25, 0.3) is 0 Å². The minimum absolute atomic E-state index is 0.0470. The molecule has 1 aliphatic rings. The summed E-state index contributed by atoms with van der Waals surface area (Å²) >= 11 is 0. The predicted molar refractivity (Wildman–Crippen MR) is 111 cm³/mol. The van der Waals surface area contributed by atoms with Gasteiger partial charge in [-0.2, -0.15) is 0 Å². The van der Waals surface area contributed by atoms with Gasteiger partial charge in [-0.1, -0.05) is 60.7 Å². The zero-order valence-corrected chi connectivity index (χ0v) is 18.2. The lowest BCUT2D eigenvalue weighted by molar-refractivity contribution is -0.164. The first-order valence-electron chi connectivity index (χ1n) is 9.69. The van der Waals surface area contributed by atoms with Crippen LogP contribution in [0.1, 0.15) is 31.9 Å². The summed E-state index contributed by atoms with van der Waals surface area (Å²) < 4.78 is 41.5. The Labute approximate surface area is 176 Å². The van der Waals surface area contributed by atoms with Crippen LogP contribution in [-0.2, 0) is 45.6 Å². The molecule has 0 spiro atoms. The molecule has 3 rings (SSSR count). The molecule has 2 aromatic rings. The fourth-order valence-corrected chi connectivity index (χ4v) is 4.26. The Morgan fingerprint density at radius 3 is 1.87 bits per heavy atom. The Bertz CT molecular complexity index is 824. The van der Waals surface area contributed by atoms with Gasteiger partial charge < -0.3 is 14.3 Å². The fraction of sp³-hybridized carbons (Fsp3) is 0.409. The summed E-state index contributed by atoms with van der Waals surface area (Å²) in [4.78, 5) is 11.6. The third-order valence-corrected chi connectivity index (χ3v) is 5.97. The summed E-state index contributed by atoms with van der Waals surface area (Å²) in [6.45, 7) is 4.90. The number of carbonyl (C=O) groups is 1. The Hall–Kier alpha value is -1.86. The maximum Gasteiger partial charge on any atom is 0.475 e. The molecule has 0 aromatic heterocycles. The highest BCUT2D eigenvalue weighted by Gasteiger charge is 2.51. The first kappa shape index (κ1) is 22.8. The maximum absolute atomic E-state index is 13.3. The van der Waals surface area contributed by atoms with Crippen LogP contribution in [0.2, 0.25) is 0 Å². The zero-order valence-electron chi connectivity index (χ0n) is 17.4. The zero-order chi connectivity index (χ0) is 21.7. The molecule has 162 valence electrons. The number of phosphoric ester groups is 1. The molecule has 1 saturated heterocycles. The van der Waals surface area contributed by atoms with Crippen LogP contribution in [0.5, 0.6) is 0 Å². The third-order valence-electron chi connectivity index (χ3n) is 4.61. The summed E-state index contributed by atoms with van der Waals surface area (Å²) in [6, 6.07) is 18.6. The summed E-state index contributed by atoms with van der Waals surface area (Å²) in [6.07, 6.45) is -0.102. The molecule has 0 saturated carbocycles. The lowest BCUT2D eigenvalue weighted by atomic mass is 10.0. The highest BCUT2D eigenvalue weighted by atomic mass is 31.2. The standard InChI is InChI=1S/C22H27O7P/c1-21(2)28-20(22(3,17-23)29-21)16-27-30(24,25-14-18-10-6-4-7-11-18)26-15-19-12-8-5-9-13-19/h4-13,17,20H,14-16H2,1-3H3. The Balaban J connectivity index is 1.69. The second kappa shape index (κ2) is 9.52. The largest absolute Gasteiger partial charge is 0.475 e. The molecule has 0 N–H and O–H groups in total. The van der Waals surface area contributed by atoms with E-state index in [1.165, 1.54) is 0 Å². The van der Waals surface area contributed by atoms with E-state index in [1.807, 2.05) is 60.7 Å². The van der Waals surface area contributed by atoms with Crippen LogP contribution in [0.3, 0.4) is 0 Å². The molecule has 8 heteroatoms. The van der Waals surface area contributed by atoms with Crippen LogP contribution in [0, 0.1) is 0 Å². The summed E-state index contributed by atoms with van der Waals surface area (Å²) in [5.41, 5.74) is 0.417. The molecule has 1 heterocycles. The second-order valence-corrected chi connectivity index (χ2v) is 9.34. The Morgan fingerprint density at radius 1 is 0.900 bits per heavy atom. The predicted octanol–water partition coefficient (Wildman–Crippen LogP) is 4.65. The van der Waals surface area contributed by atoms with Crippen LogP contribution >= 0.6 is 7.82 Å². The van der Waals surface area contributed by atoms with E-state index in [0.717, 1.165) is 11.1 Å². The number of aldehydes is 1. The fourth-order valence-electron chi connectivity index (χ4n) is 3.10. The van der Waals surface area contributed by atoms with Crippen LogP contribution in [0.4, 0.5) is 0 Å². The first-order valence-corrected chi connectivity index (χ1v) is 11.2. The van der Waals surface area contributed by atoms with Gasteiger partial charge in [0.2, 0.25) is 0 Å². The van der Waals surface area contributed by atoms with Crippen LogP contribution in [0.15, 0.2) is 60.7 Å². The molecule has 2 atom stereocenters. The third kappa shape index (κ3) is 6.08. The summed E-state index contributed by atoms with van der Waals surface area (Å²) in [7, 11) is -3.96. The monoisotopic (exact) mass is 434 g/mol. The average molecular weight is 434 g/mol. The van der Waals surface area contributed by atoms with E-state index in [9.17, 15) is 9.36 Å². The highest BCUT2D eigenvalue weighted by molar-refractivity contribution is 7.48. The molecule has 2 aromatic carbocycles. The lowest BCUT2D eigenvalue weighted by Gasteiger charge is -2.24. The Morgan fingerprint density at radius 2 is 1.40 bits per heavy atom. The molecule has 0 bridgehead atoms. The first-order chi connectivity index (χ1) is 14.2. The minimum Gasteiger partial charge on any atom is -0.341 e. The molecule has 1 aliphatic heterocycles. The van der Waals surface area contributed by atoms with E-state index in [-0.39, 0.29) is 19.8 Å². The molecule has 30 heavy (non-hydrogen) atoms. The number of carbonyl (C=O) groups excluding carboxylic acids is 1. The number of hydrogen-bond acceptors (Lipinski definition) is 7. The number of phosphoric acid groups is 1. The van der Waals surface area contributed by atoms with Crippen molar-refractivity contribution >= 4 is 14.1 Å². The van der Waals surface area contributed by atoms with Gasteiger partial charge in [-0.15, -0.1) is 0 Å². The molecule has 7 nitrogen and oxygen atoms in total. The van der Waals surface area contributed by atoms with Crippen molar-refractivity contribution in [2.45, 2.75) is 51.5 Å². The van der Waals surface area contributed by atoms with Crippen molar-refractivity contribution in [3.63, 3.8) is 0 Å². The maximum atomic E-state index is 13.3. The van der Waals surface area contributed by atoms with Gasteiger partial charge in [-0.05, 0) is 31.9 Å². The van der Waals surface area contributed by atoms with Crippen molar-refractivity contribution in [3.8, 4) is 0 Å². The molecule has 2 unspecified atom stereocenters. The van der Waals surface area contributed by atoms with Crippen molar-refractivity contribution in [2.24, 2.45) is 0 Å². The number of ether oxygens (including phenoxy) is 2. The smallest absolute Gasteiger partial charge is 0.341 e. The van der Waals surface area contributed by atoms with E-state index < -0.39 is 25.3 Å². The highest BCUT2D eigenvalue weighted by Crippen LogP contribution is 2.52. The van der Waals surface area contributed by atoms with Gasteiger partial charge in [0.05, 0.1) is 19.8 Å². The molecule has 0 amide bonds. The minimum atomic E-state index is -3.96. The van der Waals surface area contributed by atoms with Gasteiger partial charge >= 0.3 is 7.82 Å². The van der Waals surface area contributed by atoms with Gasteiger partial charge in [-0.25, -0.2) is 4.57 Å². The number of hydrogen-bond donors (Lipinski definition) is 0. The topological polar surface area (TPSA) is 80.3 Å². The summed E-state index contributed by atoms with van der Waals surface area (Å²) in [5, 5.41) is 0. The van der Waals surface area contributed by atoms with Gasteiger partial charge in [-0.3, -0.25) is 13.6 Å². The molecule has 0 aliphatic carbocycles. The normalized spacial score (nSPS) is 23.4. The van der Waals surface area contributed by atoms with Crippen molar-refractivity contribution < 1.29 is 32.4 Å². The second-order valence-electron chi connectivity index (χ2n) is 7.67. The summed E-state index contributed by atoms with van der Waals surface area (Å²) in [5.74, 6) is -0.969. The van der Waals surface area contributed by atoms with E-state index >= 15 is 0 Å². The average Bonchev–Trinajstić information content (AvgIpc) is 3.00. The Kier molecular flexibility index (Phi) is 7.24. The van der Waals surface area contributed by atoms with Gasteiger partial charge in [0, 0.05) is 0 Å². The van der Waals surface area contributed by atoms with Crippen molar-refractivity contribution in [2.75, 3.05) is 6.61 Å². The SMILES string of the molecule is CC1(C)OC(COP(=O)(OCc2ccccc2)OCc2ccccc2)C(C)(C=O)O1. The van der Waals surface area contributed by atoms with E-state index in [2.05, 4.69) is 0 Å². The number of benzene rings is 2. The van der Waals surface area contributed by atoms with Crippen molar-refractivity contribution in [1.29, 1.82) is 0 Å². The van der Waals surface area contributed by atoms with E-state index in [4.69, 9.17) is 23.0 Å². The molecule has 1 fully saturated rings. The molecular weight excluding hydrogens is 407 g/mol. The van der Waals surface area contributed by atoms with Gasteiger partial charge in [0.15, 0.2) is 17.7 Å². The van der Waals surface area contributed by atoms with Crippen molar-refractivity contribution in [1.82, 2.24) is 0 Å². The van der Waals surface area contributed by atoms with Crippen molar-refractivity contribution in [3.05, 3.63) is 71.8 Å². The van der Waals surface area contributed by atoms with E-state index in [1.54, 1.807) is 20.8 Å². The quantitative estimate of drug-likeness (QED) is 0.398. The van der Waals surface area contributed by atoms with E-state index in [0.29, 0.717) is 6.29 Å².